The zero-order chi connectivity index (χ0) is 22.0. The van der Waals surface area contributed by atoms with Gasteiger partial charge in [-0.15, -0.1) is 0 Å². The third-order valence-electron chi connectivity index (χ3n) is 4.86. The van der Waals surface area contributed by atoms with Crippen molar-refractivity contribution in [3.8, 4) is 11.5 Å². The number of amides is 1. The molecule has 1 aliphatic heterocycles. The van der Waals surface area contributed by atoms with Gasteiger partial charge < -0.3 is 9.84 Å². The molecule has 1 aliphatic rings. The first-order valence-corrected chi connectivity index (χ1v) is 10.6. The number of aliphatic imine (C=N–C) groups is 1. The number of amidine groups is 1. The van der Waals surface area contributed by atoms with Gasteiger partial charge >= 0.3 is 0 Å². The summed E-state index contributed by atoms with van der Waals surface area (Å²) in [6.45, 7) is 4.03. The third kappa shape index (κ3) is 4.49. The molecule has 1 N–H and O–H groups in total. The first-order chi connectivity index (χ1) is 14.9. The highest BCUT2D eigenvalue weighted by atomic mass is 32.2. The summed E-state index contributed by atoms with van der Waals surface area (Å²) in [7, 11) is 1.50. The maximum absolute atomic E-state index is 13.3. The molecule has 1 heterocycles. The second-order valence-electron chi connectivity index (χ2n) is 7.25. The van der Waals surface area contributed by atoms with Gasteiger partial charge in [-0.05, 0) is 73.6 Å². The maximum Gasteiger partial charge on any atom is 0.271 e. The molecule has 0 atom stereocenters. The molecule has 0 aliphatic carbocycles. The number of benzene rings is 3. The van der Waals surface area contributed by atoms with Crippen molar-refractivity contribution in [2.24, 2.45) is 4.99 Å². The lowest BCUT2D eigenvalue weighted by Gasteiger charge is -2.16. The average Bonchev–Trinajstić information content (AvgIpc) is 3.05. The Hall–Kier alpha value is -3.51. The fourth-order valence-electron chi connectivity index (χ4n) is 3.15. The van der Waals surface area contributed by atoms with Crippen LogP contribution in [0.2, 0.25) is 0 Å². The summed E-state index contributed by atoms with van der Waals surface area (Å²) < 4.78 is 5.10. The first kappa shape index (κ1) is 20.8. The number of nitrogens with zero attached hydrogens (tertiary/aromatic N) is 2. The van der Waals surface area contributed by atoms with Crippen LogP contribution in [0.5, 0.6) is 11.5 Å². The molecule has 0 aromatic heterocycles. The van der Waals surface area contributed by atoms with Crippen molar-refractivity contribution in [1.82, 2.24) is 0 Å². The van der Waals surface area contributed by atoms with E-state index in [1.54, 1.807) is 29.2 Å². The van der Waals surface area contributed by atoms with Gasteiger partial charge in [0.15, 0.2) is 16.7 Å². The fourth-order valence-corrected chi connectivity index (χ4v) is 4.15. The van der Waals surface area contributed by atoms with Crippen LogP contribution in [0.1, 0.15) is 16.7 Å². The molecule has 1 amide bonds. The minimum absolute atomic E-state index is 0.0243. The van der Waals surface area contributed by atoms with E-state index < -0.39 is 0 Å². The minimum Gasteiger partial charge on any atom is -0.504 e. The van der Waals surface area contributed by atoms with Crippen molar-refractivity contribution in [1.29, 1.82) is 0 Å². The van der Waals surface area contributed by atoms with Crippen LogP contribution in [-0.2, 0) is 4.79 Å². The van der Waals surface area contributed by atoms with Gasteiger partial charge in [0.05, 0.1) is 23.4 Å². The smallest absolute Gasteiger partial charge is 0.271 e. The predicted molar refractivity (Wildman–Crippen MR) is 127 cm³/mol. The topological polar surface area (TPSA) is 62.1 Å². The molecular formula is C25H22N2O3S. The summed E-state index contributed by atoms with van der Waals surface area (Å²) in [6, 6.07) is 20.7. The van der Waals surface area contributed by atoms with Gasteiger partial charge in [0.25, 0.3) is 5.91 Å². The lowest BCUT2D eigenvalue weighted by molar-refractivity contribution is -0.113. The van der Waals surface area contributed by atoms with E-state index in [4.69, 9.17) is 9.73 Å². The van der Waals surface area contributed by atoms with Gasteiger partial charge in [-0.1, -0.05) is 41.5 Å². The van der Waals surface area contributed by atoms with Crippen molar-refractivity contribution < 1.29 is 14.6 Å². The van der Waals surface area contributed by atoms with Crippen LogP contribution in [0.25, 0.3) is 6.08 Å². The molecule has 1 fully saturated rings. The predicted octanol–water partition coefficient (Wildman–Crippen LogP) is 5.83. The molecule has 31 heavy (non-hydrogen) atoms. The normalized spacial score (nSPS) is 16.4. The Kier molecular flexibility index (Phi) is 5.82. The number of hydrogen-bond acceptors (Lipinski definition) is 5. The Balaban J connectivity index is 1.75. The van der Waals surface area contributed by atoms with Crippen molar-refractivity contribution in [3.63, 3.8) is 0 Å². The summed E-state index contributed by atoms with van der Waals surface area (Å²) in [5, 5.41) is 10.7. The number of rotatable bonds is 4. The van der Waals surface area contributed by atoms with E-state index in [-0.39, 0.29) is 11.7 Å². The molecule has 6 heteroatoms. The number of phenols is 1. The molecule has 0 unspecified atom stereocenters. The third-order valence-corrected chi connectivity index (χ3v) is 5.83. The van der Waals surface area contributed by atoms with Crippen LogP contribution in [0.4, 0.5) is 11.4 Å². The average molecular weight is 431 g/mol. The molecule has 0 spiro atoms. The number of thioether (sulfide) groups is 1. The quantitative estimate of drug-likeness (QED) is 0.529. The number of carbonyl (C=O) groups excluding carboxylic acids is 1. The van der Waals surface area contributed by atoms with Crippen LogP contribution in [0.3, 0.4) is 0 Å². The molecule has 4 rings (SSSR count). The summed E-state index contributed by atoms with van der Waals surface area (Å²) in [4.78, 5) is 20.2. The van der Waals surface area contributed by atoms with Crippen LogP contribution in [-0.4, -0.2) is 23.3 Å². The molecule has 0 bridgehead atoms. The van der Waals surface area contributed by atoms with Crippen LogP contribution >= 0.6 is 11.8 Å². The first-order valence-electron chi connectivity index (χ1n) is 9.77. The summed E-state index contributed by atoms with van der Waals surface area (Å²) in [5.74, 6) is 0.252. The summed E-state index contributed by atoms with van der Waals surface area (Å²) >= 11 is 1.31. The van der Waals surface area contributed by atoms with Crippen molar-refractivity contribution in [3.05, 3.63) is 88.3 Å². The largest absolute Gasteiger partial charge is 0.504 e. The highest BCUT2D eigenvalue weighted by Crippen LogP contribution is 2.38. The molecule has 5 nitrogen and oxygen atoms in total. The monoisotopic (exact) mass is 430 g/mol. The SMILES string of the molecule is COc1ccc(/C=C2\SC(=Nc3ccc(C)cc3)N(c3ccc(C)cc3)C2=O)cc1O. The Bertz CT molecular complexity index is 1180. The van der Waals surface area contributed by atoms with Crippen molar-refractivity contribution in [2.45, 2.75) is 13.8 Å². The minimum atomic E-state index is -0.157. The number of anilines is 1. The number of phenolic OH excluding ortho intramolecular Hbond substituents is 1. The van der Waals surface area contributed by atoms with Gasteiger partial charge in [-0.2, -0.15) is 0 Å². The summed E-state index contributed by atoms with van der Waals surface area (Å²) in [6.07, 6.45) is 1.75. The Morgan fingerprint density at radius 1 is 0.968 bits per heavy atom. The molecule has 0 saturated carbocycles. The zero-order valence-corrected chi connectivity index (χ0v) is 18.3. The van der Waals surface area contributed by atoms with Crippen molar-refractivity contribution >= 4 is 40.3 Å². The Labute approximate surface area is 185 Å². The van der Waals surface area contributed by atoms with Gasteiger partial charge in [0.1, 0.15) is 0 Å². The molecule has 156 valence electrons. The molecule has 3 aromatic carbocycles. The number of aryl methyl sites for hydroxylation is 2. The lowest BCUT2D eigenvalue weighted by atomic mass is 10.1. The van der Waals surface area contributed by atoms with E-state index in [1.165, 1.54) is 18.9 Å². The summed E-state index contributed by atoms with van der Waals surface area (Å²) in [5.41, 5.74) is 4.50. The number of hydrogen-bond donors (Lipinski definition) is 1. The van der Waals surface area contributed by atoms with E-state index in [9.17, 15) is 9.90 Å². The molecule has 3 aromatic rings. The van der Waals surface area contributed by atoms with E-state index in [1.807, 2.05) is 62.4 Å². The van der Waals surface area contributed by atoms with Gasteiger partial charge in [0, 0.05) is 0 Å². The second kappa shape index (κ2) is 8.70. The number of methoxy groups -OCH3 is 1. The zero-order valence-electron chi connectivity index (χ0n) is 17.5. The van der Waals surface area contributed by atoms with Crippen LogP contribution in [0.15, 0.2) is 76.6 Å². The van der Waals surface area contributed by atoms with Crippen LogP contribution in [0, 0.1) is 13.8 Å². The highest BCUT2D eigenvalue weighted by Gasteiger charge is 2.34. The molecule has 0 radical (unpaired) electrons. The number of ether oxygens (including phenoxy) is 1. The van der Waals surface area contributed by atoms with Crippen LogP contribution < -0.4 is 9.64 Å². The molecular weight excluding hydrogens is 408 g/mol. The highest BCUT2D eigenvalue weighted by molar-refractivity contribution is 8.19. The standard InChI is InChI=1S/C25H22N2O3S/c1-16-4-9-19(10-5-16)26-25-27(20-11-6-17(2)7-12-20)24(29)23(31-25)15-18-8-13-22(30-3)21(28)14-18/h4-15,28H,1-3H3/b23-15-,26-25?. The lowest BCUT2D eigenvalue weighted by Crippen LogP contribution is -2.28. The van der Waals surface area contributed by atoms with Crippen molar-refractivity contribution in [2.75, 3.05) is 12.0 Å². The number of carbonyl (C=O) groups is 1. The van der Waals surface area contributed by atoms with E-state index >= 15 is 0 Å². The second-order valence-corrected chi connectivity index (χ2v) is 8.26. The number of aromatic hydroxyl groups is 1. The van der Waals surface area contributed by atoms with E-state index in [0.29, 0.717) is 21.4 Å². The Morgan fingerprint density at radius 2 is 1.61 bits per heavy atom. The maximum atomic E-state index is 13.3. The van der Waals surface area contributed by atoms with Gasteiger partial charge in [-0.25, -0.2) is 4.99 Å². The van der Waals surface area contributed by atoms with E-state index in [0.717, 1.165) is 22.5 Å². The van der Waals surface area contributed by atoms with E-state index in [2.05, 4.69) is 0 Å². The van der Waals surface area contributed by atoms with Gasteiger partial charge in [0.2, 0.25) is 0 Å². The van der Waals surface area contributed by atoms with Gasteiger partial charge in [-0.3, -0.25) is 9.69 Å². The fraction of sp³-hybridized carbons (Fsp3) is 0.120. The molecule has 1 saturated heterocycles. The Morgan fingerprint density at radius 3 is 2.23 bits per heavy atom.